The standard InChI is InChI=1S/C43H58ClFN4O6S/c1-28-29(2)56(51,52)46-42(50)30-9-12-40-39(24-30)49(25-31-8-11-38(44)41(45)36(31)6-4-5-19-55-40)26-32-7-10-37(32)43(53-3,34-22-33(28)23-34)27-47-15-13-35(14-16-47)48-17-20-54-21-18-48/h8-9,11-12,22,24,28-29,32-33,35,37H,4-7,10,13-21,23,25-27H2,1-3H3,(H,46,50)/t28-,29-,32+,33+,37-,43+/m1/s1. The number of nitrogens with zero attached hydrogens (tertiary/aromatic N) is 3. The number of likely N-dealkylation sites (tertiary alicyclic amines) is 1. The van der Waals surface area contributed by atoms with Crippen LogP contribution in [0.2, 0.25) is 5.02 Å². The smallest absolute Gasteiger partial charge is 0.264 e. The summed E-state index contributed by atoms with van der Waals surface area (Å²) in [5.41, 5.74) is 3.09. The molecule has 0 radical (unpaired) electrons. The number of piperidine rings is 1. The Morgan fingerprint density at radius 1 is 1.02 bits per heavy atom. The highest BCUT2D eigenvalue weighted by Gasteiger charge is 2.54. The molecule has 2 aromatic rings. The summed E-state index contributed by atoms with van der Waals surface area (Å²) in [4.78, 5) is 21.2. The second-order valence-corrected chi connectivity index (χ2v) is 19.6. The van der Waals surface area contributed by atoms with Gasteiger partial charge in [0.15, 0.2) is 0 Å². The average Bonchev–Trinajstić information content (AvgIpc) is 3.20. The van der Waals surface area contributed by atoms with E-state index in [1.165, 1.54) is 5.57 Å². The molecule has 5 heterocycles. The molecule has 1 N–H and O–H groups in total. The third-order valence-corrected chi connectivity index (χ3v) is 16.4. The van der Waals surface area contributed by atoms with Gasteiger partial charge in [0.1, 0.15) is 17.2 Å². The number of hydrogen-bond acceptors (Lipinski definition) is 9. The highest BCUT2D eigenvalue weighted by molar-refractivity contribution is 7.90. The summed E-state index contributed by atoms with van der Waals surface area (Å²) in [6.07, 6.45) is 9.25. The topological polar surface area (TPSA) is 101 Å². The second-order valence-electron chi connectivity index (χ2n) is 17.2. The lowest BCUT2D eigenvalue weighted by Crippen LogP contribution is -2.61. The summed E-state index contributed by atoms with van der Waals surface area (Å²) in [6.45, 7) is 11.5. The molecule has 5 aliphatic heterocycles. The Morgan fingerprint density at radius 3 is 2.50 bits per heavy atom. The minimum absolute atomic E-state index is 0.0481. The summed E-state index contributed by atoms with van der Waals surface area (Å²) >= 11 is 6.35. The van der Waals surface area contributed by atoms with Crippen molar-refractivity contribution in [1.82, 2.24) is 14.5 Å². The Balaban J connectivity index is 1.18. The number of benzene rings is 2. The van der Waals surface area contributed by atoms with E-state index in [4.69, 9.17) is 25.8 Å². The molecule has 6 atom stereocenters. The highest BCUT2D eigenvalue weighted by atomic mass is 35.5. The fraction of sp³-hybridized carbons (Fsp3) is 0.651. The van der Waals surface area contributed by atoms with Gasteiger partial charge in [-0.05, 0) is 136 Å². The first-order valence-electron chi connectivity index (χ1n) is 20.8. The van der Waals surface area contributed by atoms with Crippen LogP contribution in [-0.2, 0) is 32.5 Å². The zero-order valence-corrected chi connectivity index (χ0v) is 34.7. The van der Waals surface area contributed by atoms with Crippen molar-refractivity contribution in [2.45, 2.75) is 88.7 Å². The Labute approximate surface area is 337 Å². The zero-order valence-electron chi connectivity index (χ0n) is 33.1. The third-order valence-electron chi connectivity index (χ3n) is 14.3. The lowest BCUT2D eigenvalue weighted by molar-refractivity contribution is -0.109. The number of carbonyl (C=O) groups is 1. The summed E-state index contributed by atoms with van der Waals surface area (Å²) in [7, 11) is -2.15. The van der Waals surface area contributed by atoms with E-state index in [0.29, 0.717) is 55.6 Å². The summed E-state index contributed by atoms with van der Waals surface area (Å²) in [6, 6.07) is 9.28. The molecular weight excluding hydrogens is 755 g/mol. The van der Waals surface area contributed by atoms with Crippen LogP contribution in [0.1, 0.15) is 80.3 Å². The number of morpholine rings is 1. The summed E-state index contributed by atoms with van der Waals surface area (Å²) < 4.78 is 64.6. The van der Waals surface area contributed by atoms with E-state index in [0.717, 1.165) is 90.0 Å². The van der Waals surface area contributed by atoms with Crippen molar-refractivity contribution < 1.29 is 31.8 Å². The molecule has 3 fully saturated rings. The predicted octanol–water partition coefficient (Wildman–Crippen LogP) is 6.45. The van der Waals surface area contributed by atoms with Gasteiger partial charge < -0.3 is 19.1 Å². The fourth-order valence-corrected chi connectivity index (χ4v) is 11.9. The first-order valence-corrected chi connectivity index (χ1v) is 22.7. The first kappa shape index (κ1) is 40.1. The van der Waals surface area contributed by atoms with Crippen LogP contribution in [0.5, 0.6) is 5.75 Å². The molecule has 56 heavy (non-hydrogen) atoms. The Hall–Kier alpha value is -2.74. The van der Waals surface area contributed by atoms with E-state index >= 15 is 4.39 Å². The van der Waals surface area contributed by atoms with E-state index in [2.05, 4.69) is 25.5 Å². The molecule has 0 aromatic heterocycles. The van der Waals surface area contributed by atoms with Crippen molar-refractivity contribution in [1.29, 1.82) is 0 Å². The Kier molecular flexibility index (Phi) is 11.8. The molecule has 2 aliphatic carbocycles. The molecule has 1 saturated carbocycles. The number of sulfonamides is 1. The first-order chi connectivity index (χ1) is 27.0. The van der Waals surface area contributed by atoms with Gasteiger partial charge in [-0.3, -0.25) is 14.6 Å². The van der Waals surface area contributed by atoms with Crippen molar-refractivity contribution in [3.63, 3.8) is 0 Å². The van der Waals surface area contributed by atoms with E-state index in [1.54, 1.807) is 31.2 Å². The van der Waals surface area contributed by atoms with Gasteiger partial charge in [0.05, 0.1) is 35.8 Å². The maximum absolute atomic E-state index is 15.7. The highest BCUT2D eigenvalue weighted by Crippen LogP contribution is 2.53. The molecule has 2 aromatic carbocycles. The lowest BCUT2D eigenvalue weighted by atomic mass is 9.58. The zero-order chi connectivity index (χ0) is 39.2. The van der Waals surface area contributed by atoms with Gasteiger partial charge in [-0.25, -0.2) is 17.5 Å². The maximum atomic E-state index is 15.7. The number of fused-ring (bicyclic) bond motifs is 5. The molecule has 0 spiro atoms. The molecule has 13 heteroatoms. The quantitative estimate of drug-likeness (QED) is 0.350. The largest absolute Gasteiger partial charge is 0.491 e. The molecule has 0 unspecified atom stereocenters. The number of halogens is 2. The van der Waals surface area contributed by atoms with Crippen molar-refractivity contribution in [3.8, 4) is 5.75 Å². The summed E-state index contributed by atoms with van der Waals surface area (Å²) in [5, 5.41) is -0.690. The van der Waals surface area contributed by atoms with Crippen LogP contribution in [-0.4, -0.2) is 107 Å². The number of anilines is 1. The summed E-state index contributed by atoms with van der Waals surface area (Å²) in [5.74, 6) is -0.159. The van der Waals surface area contributed by atoms with Crippen molar-refractivity contribution >= 4 is 33.2 Å². The maximum Gasteiger partial charge on any atom is 0.264 e. The van der Waals surface area contributed by atoms with Gasteiger partial charge in [0.25, 0.3) is 5.91 Å². The molecule has 7 aliphatic rings. The van der Waals surface area contributed by atoms with Crippen LogP contribution in [0.25, 0.3) is 0 Å². The number of amides is 1. The molecular formula is C43H58ClFN4O6S. The number of ether oxygens (including phenoxy) is 3. The van der Waals surface area contributed by atoms with Gasteiger partial charge in [-0.1, -0.05) is 30.7 Å². The molecule has 9 rings (SSSR count). The number of carbonyl (C=O) groups excluding carboxylic acids is 1. The number of hydrogen-bond donors (Lipinski definition) is 1. The molecule has 2 saturated heterocycles. The number of rotatable bonds is 4. The van der Waals surface area contributed by atoms with Crippen molar-refractivity contribution in [2.24, 2.45) is 23.7 Å². The minimum Gasteiger partial charge on any atom is -0.491 e. The van der Waals surface area contributed by atoms with Crippen molar-refractivity contribution in [3.05, 3.63) is 69.5 Å². The van der Waals surface area contributed by atoms with Crippen LogP contribution in [0.3, 0.4) is 0 Å². The Morgan fingerprint density at radius 2 is 1.79 bits per heavy atom. The second kappa shape index (κ2) is 16.5. The van der Waals surface area contributed by atoms with Crippen molar-refractivity contribution in [2.75, 3.05) is 71.1 Å². The van der Waals surface area contributed by atoms with E-state index in [9.17, 15) is 13.2 Å². The van der Waals surface area contributed by atoms with E-state index in [1.807, 2.05) is 20.1 Å². The molecule has 10 nitrogen and oxygen atoms in total. The van der Waals surface area contributed by atoms with Gasteiger partial charge in [0.2, 0.25) is 10.0 Å². The SMILES string of the molecule is CO[C@@]1(CN2CCC(N3CCOCC3)CC2)C2=C[C@@H](C2)[C@H](C)[C@@H](C)S(=O)(=O)NC(=O)c2ccc3c(c2)N(Cc2ccc(Cl)c(F)c2CCCCO3)C[C@@H]2CC[C@H]21. The Bertz CT molecular complexity index is 1920. The average molecular weight is 813 g/mol. The van der Waals surface area contributed by atoms with Crippen LogP contribution < -0.4 is 14.4 Å². The normalized spacial score (nSPS) is 31.9. The van der Waals surface area contributed by atoms with Gasteiger partial charge in [-0.2, -0.15) is 0 Å². The predicted molar refractivity (Wildman–Crippen MR) is 216 cm³/mol. The van der Waals surface area contributed by atoms with Gasteiger partial charge >= 0.3 is 0 Å². The van der Waals surface area contributed by atoms with Gasteiger partial charge in [-0.15, -0.1) is 0 Å². The third kappa shape index (κ3) is 7.75. The number of nitrogens with one attached hydrogen (secondary N) is 1. The van der Waals surface area contributed by atoms with Crippen LogP contribution in [0, 0.1) is 29.5 Å². The lowest BCUT2D eigenvalue weighted by Gasteiger charge is -2.56. The number of methoxy groups -OCH3 is 1. The van der Waals surface area contributed by atoms with Crippen LogP contribution in [0.4, 0.5) is 10.1 Å². The molecule has 306 valence electrons. The minimum atomic E-state index is -4.02. The van der Waals surface area contributed by atoms with E-state index < -0.39 is 26.8 Å². The monoisotopic (exact) mass is 812 g/mol. The van der Waals surface area contributed by atoms with E-state index in [-0.39, 0.29) is 40.1 Å². The van der Waals surface area contributed by atoms with Crippen LogP contribution >= 0.6 is 11.6 Å². The fourth-order valence-electron chi connectivity index (χ4n) is 10.4. The number of allylic oxidation sites excluding steroid dienone is 1. The van der Waals surface area contributed by atoms with Gasteiger partial charge in [0, 0.05) is 51.4 Å². The molecule has 1 amide bonds. The molecule has 4 bridgehead atoms. The van der Waals surface area contributed by atoms with Crippen LogP contribution in [0.15, 0.2) is 42.0 Å².